The van der Waals surface area contributed by atoms with E-state index in [1.165, 1.54) is 16.8 Å². The Balaban J connectivity index is 0.00000180. The Morgan fingerprint density at radius 2 is 1.89 bits per heavy atom. The Labute approximate surface area is 120 Å². The summed E-state index contributed by atoms with van der Waals surface area (Å²) in [7, 11) is 0. The number of nitrogens with zero attached hydrogens (tertiary/aromatic N) is 1. The van der Waals surface area contributed by atoms with Crippen LogP contribution in [0, 0.1) is 20.8 Å². The third kappa shape index (κ3) is 4.00. The van der Waals surface area contributed by atoms with Gasteiger partial charge in [-0.3, -0.25) is 5.10 Å². The molecule has 2 rings (SSSR count). The van der Waals surface area contributed by atoms with Crippen LogP contribution >= 0.6 is 0 Å². The van der Waals surface area contributed by atoms with E-state index in [0.29, 0.717) is 0 Å². The summed E-state index contributed by atoms with van der Waals surface area (Å²) >= 11 is 0. The van der Waals surface area contributed by atoms with Gasteiger partial charge in [0.05, 0.1) is 12.3 Å². The molecule has 2 aromatic rings. The lowest BCUT2D eigenvalue weighted by Crippen LogP contribution is -3.00. The zero-order valence-corrected chi connectivity index (χ0v) is 12.4. The molecule has 0 unspecified atom stereocenters. The first-order valence-corrected chi connectivity index (χ1v) is 6.37. The smallest absolute Gasteiger partial charge is 0.122 e. The minimum Gasteiger partial charge on any atom is -1.00 e. The molecule has 0 fully saturated rings. The summed E-state index contributed by atoms with van der Waals surface area (Å²) in [6.45, 7) is 6.92. The van der Waals surface area contributed by atoms with Crippen LogP contribution in [0.5, 0.6) is 5.75 Å². The summed E-state index contributed by atoms with van der Waals surface area (Å²) in [6.07, 6.45) is 2.02. The van der Waals surface area contributed by atoms with Crippen LogP contribution in [0.15, 0.2) is 24.3 Å². The van der Waals surface area contributed by atoms with Crippen molar-refractivity contribution in [1.29, 1.82) is 0 Å². The van der Waals surface area contributed by atoms with Crippen molar-refractivity contribution in [1.82, 2.24) is 10.2 Å². The topological polar surface area (TPSA) is 37.9 Å². The van der Waals surface area contributed by atoms with Gasteiger partial charge in [-0.05, 0) is 50.8 Å². The van der Waals surface area contributed by atoms with Crippen LogP contribution in [0.3, 0.4) is 0 Å². The second-order valence-corrected chi connectivity index (χ2v) is 4.63. The molecule has 1 aromatic heterocycles. The number of rotatable bonds is 5. The summed E-state index contributed by atoms with van der Waals surface area (Å²) in [5.74, 6) is 0.984. The maximum Gasteiger partial charge on any atom is 0.122 e. The molecule has 4 heteroatoms. The molecule has 1 N–H and O–H groups in total. The van der Waals surface area contributed by atoms with Crippen molar-refractivity contribution in [2.45, 2.75) is 33.6 Å². The number of aryl methyl sites for hydroxylation is 3. The maximum absolute atomic E-state index is 5.78. The van der Waals surface area contributed by atoms with Crippen LogP contribution in [0.2, 0.25) is 0 Å². The number of nitrogens with one attached hydrogen (secondary N) is 1. The quantitative estimate of drug-likeness (QED) is 0.802. The van der Waals surface area contributed by atoms with Crippen LogP contribution in [0.1, 0.15) is 28.9 Å². The van der Waals surface area contributed by atoms with Crippen molar-refractivity contribution in [3.63, 3.8) is 0 Å². The molecule has 0 aliphatic carbocycles. The number of ether oxygens (including phenoxy) is 1. The third-order valence-corrected chi connectivity index (χ3v) is 3.20. The molecule has 0 spiro atoms. The zero-order valence-electron chi connectivity index (χ0n) is 11.7. The average molecular weight is 280 g/mol. The highest BCUT2D eigenvalue weighted by Crippen LogP contribution is 2.17. The summed E-state index contributed by atoms with van der Waals surface area (Å²) in [5, 5.41) is 7.22. The molecule has 0 bridgehead atoms. The van der Waals surface area contributed by atoms with E-state index in [9.17, 15) is 0 Å². The first-order chi connectivity index (χ1) is 8.68. The highest BCUT2D eigenvalue weighted by atomic mass is 35.5. The second-order valence-electron chi connectivity index (χ2n) is 4.63. The first kappa shape index (κ1) is 15.6. The molecule has 3 nitrogen and oxygen atoms in total. The molecular formula is C15H20ClN2O-. The van der Waals surface area contributed by atoms with E-state index in [2.05, 4.69) is 30.1 Å². The lowest BCUT2D eigenvalue weighted by Gasteiger charge is -2.08. The lowest BCUT2D eigenvalue weighted by molar-refractivity contribution is -0.00000445. The third-order valence-electron chi connectivity index (χ3n) is 3.20. The number of hydrogen-bond acceptors (Lipinski definition) is 2. The SMILES string of the molecule is Cc1ccccc1OCCCc1c(C)n[nH]c1C.[Cl-]. The summed E-state index contributed by atoms with van der Waals surface area (Å²) < 4.78 is 5.78. The van der Waals surface area contributed by atoms with E-state index in [0.717, 1.165) is 30.9 Å². The van der Waals surface area contributed by atoms with Crippen LogP contribution in [-0.2, 0) is 6.42 Å². The van der Waals surface area contributed by atoms with Crippen LogP contribution < -0.4 is 17.1 Å². The number of benzene rings is 1. The molecular weight excluding hydrogens is 260 g/mol. The monoisotopic (exact) mass is 279 g/mol. The fraction of sp³-hybridized carbons (Fsp3) is 0.400. The summed E-state index contributed by atoms with van der Waals surface area (Å²) in [4.78, 5) is 0. The highest BCUT2D eigenvalue weighted by molar-refractivity contribution is 5.31. The lowest BCUT2D eigenvalue weighted by atomic mass is 10.1. The van der Waals surface area contributed by atoms with Gasteiger partial charge in [0.15, 0.2) is 0 Å². The maximum atomic E-state index is 5.78. The van der Waals surface area contributed by atoms with Crippen molar-refractivity contribution >= 4 is 0 Å². The number of hydrogen-bond donors (Lipinski definition) is 1. The van der Waals surface area contributed by atoms with Crippen molar-refractivity contribution in [2.75, 3.05) is 6.61 Å². The van der Waals surface area contributed by atoms with E-state index in [1.54, 1.807) is 0 Å². The van der Waals surface area contributed by atoms with Gasteiger partial charge in [-0.1, -0.05) is 18.2 Å². The molecule has 1 heterocycles. The highest BCUT2D eigenvalue weighted by Gasteiger charge is 2.05. The molecule has 1 aromatic carbocycles. The van der Waals surface area contributed by atoms with Gasteiger partial charge >= 0.3 is 0 Å². The molecule has 0 amide bonds. The van der Waals surface area contributed by atoms with Crippen molar-refractivity contribution in [2.24, 2.45) is 0 Å². The van der Waals surface area contributed by atoms with Crippen molar-refractivity contribution in [3.05, 3.63) is 46.8 Å². The molecule has 104 valence electrons. The molecule has 0 saturated carbocycles. The largest absolute Gasteiger partial charge is 1.00 e. The summed E-state index contributed by atoms with van der Waals surface area (Å²) in [6, 6.07) is 8.12. The predicted molar refractivity (Wildman–Crippen MR) is 73.1 cm³/mol. The van der Waals surface area contributed by atoms with Gasteiger partial charge < -0.3 is 17.1 Å². The van der Waals surface area contributed by atoms with Gasteiger partial charge in [0.1, 0.15) is 5.75 Å². The molecule has 0 radical (unpaired) electrons. The Morgan fingerprint density at radius 3 is 2.53 bits per heavy atom. The first-order valence-electron chi connectivity index (χ1n) is 6.37. The van der Waals surface area contributed by atoms with E-state index >= 15 is 0 Å². The number of halogens is 1. The van der Waals surface area contributed by atoms with E-state index in [-0.39, 0.29) is 12.4 Å². The van der Waals surface area contributed by atoms with E-state index < -0.39 is 0 Å². The van der Waals surface area contributed by atoms with Gasteiger partial charge in [0, 0.05) is 5.69 Å². The Hall–Kier alpha value is -1.48. The fourth-order valence-corrected chi connectivity index (χ4v) is 2.09. The Morgan fingerprint density at radius 1 is 1.16 bits per heavy atom. The van der Waals surface area contributed by atoms with Crippen molar-refractivity contribution in [3.8, 4) is 5.75 Å². The standard InChI is InChI=1S/C15H20N2O.ClH/c1-11-7-4-5-9-15(11)18-10-6-8-14-12(2)16-17-13(14)3;/h4-5,7,9H,6,8,10H2,1-3H3,(H,16,17);1H/p-1. The average Bonchev–Trinajstić information content (AvgIpc) is 2.67. The fourth-order valence-electron chi connectivity index (χ4n) is 2.09. The van der Waals surface area contributed by atoms with E-state index in [1.807, 2.05) is 25.1 Å². The number of H-pyrrole nitrogens is 1. The minimum absolute atomic E-state index is 0. The van der Waals surface area contributed by atoms with Gasteiger partial charge in [-0.2, -0.15) is 5.10 Å². The molecule has 0 aliphatic heterocycles. The number of aromatic nitrogens is 2. The number of aromatic amines is 1. The Bertz CT molecular complexity index is 503. The van der Waals surface area contributed by atoms with Gasteiger partial charge in [0.2, 0.25) is 0 Å². The Kier molecular flexibility index (Phi) is 5.90. The summed E-state index contributed by atoms with van der Waals surface area (Å²) in [5.41, 5.74) is 4.78. The van der Waals surface area contributed by atoms with Crippen LogP contribution in [-0.4, -0.2) is 16.8 Å². The van der Waals surface area contributed by atoms with Gasteiger partial charge in [-0.15, -0.1) is 0 Å². The van der Waals surface area contributed by atoms with E-state index in [4.69, 9.17) is 4.74 Å². The zero-order chi connectivity index (χ0) is 13.0. The predicted octanol–water partition coefficient (Wildman–Crippen LogP) is 0.351. The molecule has 0 aliphatic rings. The second kappa shape index (κ2) is 7.19. The molecule has 0 atom stereocenters. The molecule has 19 heavy (non-hydrogen) atoms. The minimum atomic E-state index is 0. The molecule has 0 saturated heterocycles. The van der Waals surface area contributed by atoms with Crippen LogP contribution in [0.4, 0.5) is 0 Å². The number of para-hydroxylation sites is 1. The van der Waals surface area contributed by atoms with Crippen molar-refractivity contribution < 1.29 is 17.1 Å². The van der Waals surface area contributed by atoms with Gasteiger partial charge in [-0.25, -0.2) is 0 Å². The van der Waals surface area contributed by atoms with Crippen LogP contribution in [0.25, 0.3) is 0 Å². The normalized spacial score (nSPS) is 10.1. The van der Waals surface area contributed by atoms with Gasteiger partial charge in [0.25, 0.3) is 0 Å².